The zero-order valence-electron chi connectivity index (χ0n) is 15.1. The number of benzene rings is 1. The van der Waals surface area contributed by atoms with Crippen molar-refractivity contribution in [2.24, 2.45) is 5.92 Å². The lowest BCUT2D eigenvalue weighted by molar-refractivity contribution is -0.142. The summed E-state index contributed by atoms with van der Waals surface area (Å²) in [6, 6.07) is 6.01. The smallest absolute Gasteiger partial charge is 0.317 e. The van der Waals surface area contributed by atoms with E-state index in [1.807, 2.05) is 0 Å². The number of phenolic OH excluding ortho intramolecular Hbond substituents is 1. The van der Waals surface area contributed by atoms with Crippen molar-refractivity contribution in [2.45, 2.75) is 31.7 Å². The van der Waals surface area contributed by atoms with Crippen LogP contribution < -0.4 is 5.32 Å². The highest BCUT2D eigenvalue weighted by Crippen LogP contribution is 2.24. The molecule has 0 unspecified atom stereocenters. The number of carboxylic acids is 1. The molecular formula is C19H25N3O5. The van der Waals surface area contributed by atoms with E-state index in [1.54, 1.807) is 21.9 Å². The molecule has 3 amide bonds. The molecule has 0 bridgehead atoms. The van der Waals surface area contributed by atoms with Crippen LogP contribution in [-0.2, 0) is 4.79 Å². The summed E-state index contributed by atoms with van der Waals surface area (Å²) >= 11 is 0. The molecule has 8 heteroatoms. The number of carbonyl (C=O) groups is 3. The van der Waals surface area contributed by atoms with Crippen molar-refractivity contribution in [1.29, 1.82) is 0 Å². The predicted molar refractivity (Wildman–Crippen MR) is 97.5 cm³/mol. The number of urea groups is 1. The van der Waals surface area contributed by atoms with Crippen molar-refractivity contribution < 1.29 is 24.6 Å². The SMILES string of the molecule is O=C(O)C1CCC(NC(=O)N2CCN(C(=O)c3ccc(O)cc3)CC2)CC1. The Bertz CT molecular complexity index is 690. The molecule has 1 saturated carbocycles. The number of aliphatic carboxylic acids is 1. The fourth-order valence-corrected chi connectivity index (χ4v) is 3.65. The molecule has 27 heavy (non-hydrogen) atoms. The molecule has 0 aromatic heterocycles. The highest BCUT2D eigenvalue weighted by molar-refractivity contribution is 5.94. The minimum atomic E-state index is -0.755. The van der Waals surface area contributed by atoms with Gasteiger partial charge in [-0.3, -0.25) is 9.59 Å². The van der Waals surface area contributed by atoms with Crippen LogP contribution >= 0.6 is 0 Å². The minimum Gasteiger partial charge on any atom is -0.508 e. The molecule has 1 saturated heterocycles. The summed E-state index contributed by atoms with van der Waals surface area (Å²) in [6.45, 7) is 1.83. The molecule has 146 valence electrons. The summed E-state index contributed by atoms with van der Waals surface area (Å²) in [5.74, 6) is -1.05. The normalized spacial score (nSPS) is 23.0. The molecule has 1 aromatic carbocycles. The van der Waals surface area contributed by atoms with Crippen molar-refractivity contribution in [3.63, 3.8) is 0 Å². The molecule has 0 atom stereocenters. The third kappa shape index (κ3) is 4.69. The highest BCUT2D eigenvalue weighted by atomic mass is 16.4. The molecule has 0 radical (unpaired) electrons. The largest absolute Gasteiger partial charge is 0.508 e. The van der Waals surface area contributed by atoms with Crippen LogP contribution in [0.2, 0.25) is 0 Å². The maximum Gasteiger partial charge on any atom is 0.317 e. The maximum absolute atomic E-state index is 12.5. The number of carboxylic acid groups (broad SMARTS) is 1. The van der Waals surface area contributed by atoms with Crippen LogP contribution in [0.3, 0.4) is 0 Å². The number of amides is 3. The zero-order chi connectivity index (χ0) is 19.4. The number of aromatic hydroxyl groups is 1. The van der Waals surface area contributed by atoms with Crippen molar-refractivity contribution in [3.8, 4) is 5.75 Å². The summed E-state index contributed by atoms with van der Waals surface area (Å²) in [4.78, 5) is 39.3. The average Bonchev–Trinajstić information content (AvgIpc) is 2.68. The Hall–Kier alpha value is -2.77. The molecular weight excluding hydrogens is 350 g/mol. The fourth-order valence-electron chi connectivity index (χ4n) is 3.65. The summed E-state index contributed by atoms with van der Waals surface area (Å²) < 4.78 is 0. The minimum absolute atomic E-state index is 0.0183. The average molecular weight is 375 g/mol. The zero-order valence-corrected chi connectivity index (χ0v) is 15.1. The van der Waals surface area contributed by atoms with Crippen molar-refractivity contribution in [2.75, 3.05) is 26.2 Å². The van der Waals surface area contributed by atoms with Crippen LogP contribution in [-0.4, -0.2) is 70.1 Å². The number of carbonyl (C=O) groups excluding carboxylic acids is 2. The molecule has 2 aliphatic rings. The molecule has 3 rings (SSSR count). The van der Waals surface area contributed by atoms with E-state index in [9.17, 15) is 19.5 Å². The van der Waals surface area contributed by atoms with E-state index in [0.717, 1.165) is 0 Å². The second-order valence-corrected chi connectivity index (χ2v) is 7.16. The number of phenols is 1. The third-order valence-corrected chi connectivity index (χ3v) is 5.37. The number of hydrogen-bond donors (Lipinski definition) is 3. The second-order valence-electron chi connectivity index (χ2n) is 7.16. The Morgan fingerprint density at radius 3 is 2.00 bits per heavy atom. The van der Waals surface area contributed by atoms with E-state index < -0.39 is 5.97 Å². The van der Waals surface area contributed by atoms with Crippen LogP contribution in [0, 0.1) is 5.92 Å². The van der Waals surface area contributed by atoms with E-state index in [4.69, 9.17) is 5.11 Å². The van der Waals surface area contributed by atoms with Gasteiger partial charge in [-0.15, -0.1) is 0 Å². The Kier molecular flexibility index (Phi) is 5.83. The molecule has 1 aliphatic carbocycles. The fraction of sp³-hybridized carbons (Fsp3) is 0.526. The first kappa shape index (κ1) is 19.0. The van der Waals surface area contributed by atoms with Gasteiger partial charge in [-0.05, 0) is 49.9 Å². The summed E-state index contributed by atoms with van der Waals surface area (Å²) in [5.41, 5.74) is 0.515. The van der Waals surface area contributed by atoms with E-state index in [-0.39, 0.29) is 29.6 Å². The van der Waals surface area contributed by atoms with Crippen LogP contribution in [0.4, 0.5) is 4.79 Å². The van der Waals surface area contributed by atoms with E-state index >= 15 is 0 Å². The van der Waals surface area contributed by atoms with Crippen LogP contribution in [0.1, 0.15) is 36.0 Å². The quantitative estimate of drug-likeness (QED) is 0.742. The van der Waals surface area contributed by atoms with Crippen LogP contribution in [0.5, 0.6) is 5.75 Å². The first-order valence-corrected chi connectivity index (χ1v) is 9.30. The van der Waals surface area contributed by atoms with E-state index in [2.05, 4.69) is 5.32 Å². The number of hydrogen-bond acceptors (Lipinski definition) is 4. The molecule has 8 nitrogen and oxygen atoms in total. The molecule has 1 aromatic rings. The van der Waals surface area contributed by atoms with Gasteiger partial charge in [0.1, 0.15) is 5.75 Å². The number of nitrogens with zero attached hydrogens (tertiary/aromatic N) is 2. The Morgan fingerprint density at radius 1 is 0.889 bits per heavy atom. The summed E-state index contributed by atoms with van der Waals surface area (Å²) in [7, 11) is 0. The van der Waals surface area contributed by atoms with Gasteiger partial charge in [0.05, 0.1) is 5.92 Å². The van der Waals surface area contributed by atoms with Crippen molar-refractivity contribution in [3.05, 3.63) is 29.8 Å². The highest BCUT2D eigenvalue weighted by Gasteiger charge is 2.29. The van der Waals surface area contributed by atoms with Gasteiger partial charge in [-0.25, -0.2) is 4.79 Å². The van der Waals surface area contributed by atoms with Gasteiger partial charge in [0.2, 0.25) is 0 Å². The van der Waals surface area contributed by atoms with Gasteiger partial charge >= 0.3 is 12.0 Å². The first-order chi connectivity index (χ1) is 12.9. The Balaban J connectivity index is 1.45. The predicted octanol–water partition coefficient (Wildman–Crippen LogP) is 1.50. The lowest BCUT2D eigenvalue weighted by Gasteiger charge is -2.36. The number of rotatable bonds is 3. The molecule has 0 spiro atoms. The lowest BCUT2D eigenvalue weighted by Crippen LogP contribution is -2.54. The molecule has 3 N–H and O–H groups in total. The molecule has 2 fully saturated rings. The number of nitrogens with one attached hydrogen (secondary N) is 1. The topological polar surface area (TPSA) is 110 Å². The van der Waals surface area contributed by atoms with Gasteiger partial charge in [-0.1, -0.05) is 0 Å². The van der Waals surface area contributed by atoms with E-state index in [1.165, 1.54) is 12.1 Å². The summed E-state index contributed by atoms with van der Waals surface area (Å²) in [6.07, 6.45) is 2.55. The van der Waals surface area contributed by atoms with Gasteiger partial charge in [0.25, 0.3) is 5.91 Å². The maximum atomic E-state index is 12.5. The molecule has 1 aliphatic heterocycles. The van der Waals surface area contributed by atoms with E-state index in [0.29, 0.717) is 57.4 Å². The Labute approximate surface area is 157 Å². The van der Waals surface area contributed by atoms with Crippen LogP contribution in [0.15, 0.2) is 24.3 Å². The van der Waals surface area contributed by atoms with Crippen molar-refractivity contribution >= 4 is 17.9 Å². The Morgan fingerprint density at radius 2 is 1.44 bits per heavy atom. The monoisotopic (exact) mass is 375 g/mol. The van der Waals surface area contributed by atoms with Gasteiger partial charge < -0.3 is 25.3 Å². The number of piperazine rings is 1. The molecule has 1 heterocycles. The van der Waals surface area contributed by atoms with Crippen LogP contribution in [0.25, 0.3) is 0 Å². The first-order valence-electron chi connectivity index (χ1n) is 9.30. The van der Waals surface area contributed by atoms with Crippen molar-refractivity contribution in [1.82, 2.24) is 15.1 Å². The standard InChI is InChI=1S/C19H25N3O5/c23-16-7-3-13(4-8-16)17(24)21-9-11-22(12-10-21)19(27)20-15-5-1-14(2-6-15)18(25)26/h3-4,7-8,14-15,23H,1-2,5-6,9-12H2,(H,20,27)(H,25,26). The lowest BCUT2D eigenvalue weighted by atomic mass is 9.86. The summed E-state index contributed by atoms with van der Waals surface area (Å²) in [5, 5.41) is 21.3. The van der Waals surface area contributed by atoms with Gasteiger partial charge in [0.15, 0.2) is 0 Å². The third-order valence-electron chi connectivity index (χ3n) is 5.37. The van der Waals surface area contributed by atoms with Gasteiger partial charge in [-0.2, -0.15) is 0 Å². The van der Waals surface area contributed by atoms with Gasteiger partial charge in [0, 0.05) is 37.8 Å². The second kappa shape index (κ2) is 8.28.